The van der Waals surface area contributed by atoms with Crippen molar-refractivity contribution in [2.75, 3.05) is 0 Å². The summed E-state index contributed by atoms with van der Waals surface area (Å²) in [6.45, 7) is 6.49. The summed E-state index contributed by atoms with van der Waals surface area (Å²) in [6.07, 6.45) is 0.474. The molecule has 1 fully saturated rings. The molecule has 1 heterocycles. The smallest absolute Gasteiger partial charge is 0.152 e. The normalized spacial score (nSPS) is 28.6. The van der Waals surface area contributed by atoms with Crippen molar-refractivity contribution in [2.45, 2.75) is 31.8 Å². The highest BCUT2D eigenvalue weighted by molar-refractivity contribution is 6.83. The first-order valence-corrected chi connectivity index (χ1v) is 7.16. The second kappa shape index (κ2) is 2.80. The number of epoxide rings is 1. The molecule has 1 saturated heterocycles. The van der Waals surface area contributed by atoms with E-state index in [1.54, 1.807) is 0 Å². The van der Waals surface area contributed by atoms with E-state index in [1.165, 1.54) is 0 Å². The second-order valence-electron chi connectivity index (χ2n) is 3.68. The van der Waals surface area contributed by atoms with Crippen LogP contribution in [-0.2, 0) is 9.53 Å². The molecule has 1 rings (SSSR count). The summed E-state index contributed by atoms with van der Waals surface area (Å²) < 4.78 is 4.94. The van der Waals surface area contributed by atoms with E-state index in [0.29, 0.717) is 0 Å². The van der Waals surface area contributed by atoms with Crippen LogP contribution >= 0.6 is 0 Å². The molecule has 0 spiro atoms. The lowest BCUT2D eigenvalue weighted by atomic mass is 10.3. The fourth-order valence-corrected chi connectivity index (χ4v) is 1.21. The topological polar surface area (TPSA) is 29.6 Å². The Kier molecular flexibility index (Phi) is 2.17. The Balaban J connectivity index is 2.42. The Hall–Kier alpha value is -0.593. The van der Waals surface area contributed by atoms with Gasteiger partial charge in [0, 0.05) is 0 Å². The number of hydrogen-bond donors (Lipinski definition) is 0. The monoisotopic (exact) mass is 168 g/mol. The number of ether oxygens (including phenoxy) is 1. The zero-order valence-electron chi connectivity index (χ0n) is 7.05. The Labute approximate surface area is 67.9 Å². The quantitative estimate of drug-likeness (QED) is 0.251. The van der Waals surface area contributed by atoms with Gasteiger partial charge in [-0.15, -0.1) is 5.54 Å². The lowest BCUT2D eigenvalue weighted by Gasteiger charge is -2.02. The third-order valence-electron chi connectivity index (χ3n) is 1.25. The molecule has 0 aliphatic carbocycles. The molecule has 3 heteroatoms. The van der Waals surface area contributed by atoms with Gasteiger partial charge >= 0.3 is 0 Å². The van der Waals surface area contributed by atoms with Gasteiger partial charge in [-0.25, -0.2) is 0 Å². The summed E-state index contributed by atoms with van der Waals surface area (Å²) in [6, 6.07) is 0. The molecule has 1 aliphatic heterocycles. The minimum Gasteiger partial charge on any atom is -0.348 e. The van der Waals surface area contributed by atoms with Crippen LogP contribution in [-0.4, -0.2) is 26.6 Å². The van der Waals surface area contributed by atoms with Crippen LogP contribution in [0.3, 0.4) is 0 Å². The van der Waals surface area contributed by atoms with Gasteiger partial charge < -0.3 is 9.53 Å². The molecule has 60 valence electrons. The Morgan fingerprint density at radius 2 is 2.09 bits per heavy atom. The van der Waals surface area contributed by atoms with Crippen molar-refractivity contribution >= 4 is 14.4 Å². The van der Waals surface area contributed by atoms with Crippen LogP contribution in [0.4, 0.5) is 0 Å². The maximum atomic E-state index is 10.1. The van der Waals surface area contributed by atoms with Crippen molar-refractivity contribution < 1.29 is 9.53 Å². The average Bonchev–Trinajstić information content (AvgIpc) is 2.60. The van der Waals surface area contributed by atoms with Crippen LogP contribution in [0.1, 0.15) is 0 Å². The summed E-state index contributed by atoms with van der Waals surface area (Å²) >= 11 is 0. The van der Waals surface area contributed by atoms with Crippen LogP contribution in [0.2, 0.25) is 19.6 Å². The summed E-state index contributed by atoms with van der Waals surface area (Å²) in [5.41, 5.74) is 3.15. The van der Waals surface area contributed by atoms with Gasteiger partial charge in [0.2, 0.25) is 0 Å². The van der Waals surface area contributed by atoms with E-state index < -0.39 is 8.07 Å². The van der Waals surface area contributed by atoms with Gasteiger partial charge in [0.25, 0.3) is 0 Å². The molecule has 2 nitrogen and oxygen atoms in total. The molecule has 0 amide bonds. The van der Waals surface area contributed by atoms with E-state index in [9.17, 15) is 4.79 Å². The summed E-state index contributed by atoms with van der Waals surface area (Å²) in [5, 5.41) is 0. The molecule has 0 N–H and O–H groups in total. The SMILES string of the molecule is C[Si](C)(C)C#C[C@@H]1O[C@@H]1C=O. The van der Waals surface area contributed by atoms with Crippen molar-refractivity contribution in [1.82, 2.24) is 0 Å². The van der Waals surface area contributed by atoms with Gasteiger partial charge in [-0.05, 0) is 0 Å². The van der Waals surface area contributed by atoms with Gasteiger partial charge in [-0.2, -0.15) is 0 Å². The van der Waals surface area contributed by atoms with Crippen LogP contribution in [0.5, 0.6) is 0 Å². The van der Waals surface area contributed by atoms with Gasteiger partial charge in [0.05, 0.1) is 0 Å². The van der Waals surface area contributed by atoms with Crippen molar-refractivity contribution in [3.05, 3.63) is 0 Å². The standard InChI is InChI=1S/C8H12O2Si/c1-11(2,3)5-4-7-8(6-9)10-7/h6-8H,1-3H3/t7-,8+/m0/s1. The van der Waals surface area contributed by atoms with E-state index in [1.807, 2.05) is 0 Å². The number of rotatable bonds is 1. The maximum Gasteiger partial charge on any atom is 0.152 e. The molecule has 0 unspecified atom stereocenters. The lowest BCUT2D eigenvalue weighted by molar-refractivity contribution is -0.108. The van der Waals surface area contributed by atoms with E-state index in [0.717, 1.165) is 6.29 Å². The average molecular weight is 168 g/mol. The Morgan fingerprint density at radius 3 is 2.45 bits per heavy atom. The van der Waals surface area contributed by atoms with Crippen molar-refractivity contribution in [1.29, 1.82) is 0 Å². The maximum absolute atomic E-state index is 10.1. The minimum atomic E-state index is -1.28. The van der Waals surface area contributed by atoms with Gasteiger partial charge in [-0.1, -0.05) is 25.6 Å². The summed E-state index contributed by atoms with van der Waals surface area (Å²) in [5.74, 6) is 2.96. The van der Waals surface area contributed by atoms with E-state index >= 15 is 0 Å². The van der Waals surface area contributed by atoms with Gasteiger partial charge in [-0.3, -0.25) is 0 Å². The van der Waals surface area contributed by atoms with Gasteiger partial charge in [0.1, 0.15) is 8.07 Å². The first-order chi connectivity index (χ1) is 5.03. The largest absolute Gasteiger partial charge is 0.348 e. The lowest BCUT2D eigenvalue weighted by Crippen LogP contribution is -2.16. The minimum absolute atomic E-state index is 0.0979. The Morgan fingerprint density at radius 1 is 1.45 bits per heavy atom. The van der Waals surface area contributed by atoms with E-state index in [4.69, 9.17) is 4.74 Å². The number of hydrogen-bond acceptors (Lipinski definition) is 2. The fraction of sp³-hybridized carbons (Fsp3) is 0.625. The summed E-state index contributed by atoms with van der Waals surface area (Å²) in [4.78, 5) is 10.1. The van der Waals surface area contributed by atoms with E-state index in [2.05, 4.69) is 31.1 Å². The molecule has 0 radical (unpaired) electrons. The zero-order valence-corrected chi connectivity index (χ0v) is 8.05. The second-order valence-corrected chi connectivity index (χ2v) is 8.43. The summed E-state index contributed by atoms with van der Waals surface area (Å²) in [7, 11) is -1.28. The predicted molar refractivity (Wildman–Crippen MR) is 45.8 cm³/mol. The van der Waals surface area contributed by atoms with Crippen LogP contribution in [0.25, 0.3) is 0 Å². The van der Waals surface area contributed by atoms with E-state index in [-0.39, 0.29) is 12.2 Å². The highest BCUT2D eigenvalue weighted by atomic mass is 28.3. The molecule has 0 aromatic rings. The molecule has 11 heavy (non-hydrogen) atoms. The predicted octanol–water partition coefficient (Wildman–Crippen LogP) is 0.833. The van der Waals surface area contributed by atoms with Gasteiger partial charge in [0.15, 0.2) is 18.5 Å². The van der Waals surface area contributed by atoms with Crippen LogP contribution in [0, 0.1) is 11.5 Å². The molecule has 0 bridgehead atoms. The number of aldehydes is 1. The fourth-order valence-electron chi connectivity index (χ4n) is 0.631. The third kappa shape index (κ3) is 2.87. The highest BCUT2D eigenvalue weighted by Crippen LogP contribution is 2.18. The molecule has 2 atom stereocenters. The molecule has 1 aliphatic rings. The molecule has 0 saturated carbocycles. The van der Waals surface area contributed by atoms with Crippen molar-refractivity contribution in [3.63, 3.8) is 0 Å². The van der Waals surface area contributed by atoms with Crippen molar-refractivity contribution in [3.8, 4) is 11.5 Å². The number of carbonyl (C=O) groups is 1. The van der Waals surface area contributed by atoms with Crippen LogP contribution < -0.4 is 0 Å². The molecule has 0 aromatic carbocycles. The Bertz CT molecular complexity index is 218. The molecule has 0 aromatic heterocycles. The van der Waals surface area contributed by atoms with Crippen LogP contribution in [0.15, 0.2) is 0 Å². The van der Waals surface area contributed by atoms with Crippen molar-refractivity contribution in [2.24, 2.45) is 0 Å². The first-order valence-electron chi connectivity index (χ1n) is 3.66. The number of carbonyl (C=O) groups excluding carboxylic acids is 1. The molecular formula is C8H12O2Si. The first kappa shape index (κ1) is 8.50. The highest BCUT2D eigenvalue weighted by Gasteiger charge is 2.37. The zero-order chi connectivity index (χ0) is 8.48. The third-order valence-corrected chi connectivity index (χ3v) is 2.14. The molecular weight excluding hydrogens is 156 g/mol.